The second-order valence-electron chi connectivity index (χ2n) is 4.84. The van der Waals surface area contributed by atoms with Crippen molar-refractivity contribution in [2.75, 3.05) is 5.32 Å². The van der Waals surface area contributed by atoms with Gasteiger partial charge in [-0.1, -0.05) is 19.8 Å². The van der Waals surface area contributed by atoms with Crippen LogP contribution in [0.3, 0.4) is 0 Å². The number of hydrogen-bond donors (Lipinski definition) is 2. The maximum absolute atomic E-state index is 12.0. The van der Waals surface area contributed by atoms with Crippen LogP contribution in [0.1, 0.15) is 43.9 Å². The van der Waals surface area contributed by atoms with Crippen LogP contribution in [-0.2, 0) is 4.79 Å². The van der Waals surface area contributed by atoms with Crippen molar-refractivity contribution in [1.82, 2.24) is 19.6 Å². The molecule has 0 aromatic carbocycles. The number of aromatic nitrogens is 4. The standard InChI is InChI=1S/C13H19N5O2/c1-4-5-6-7-10(19)15-12-16-13-14-9(3)8(2)11(20)18(13)17-12/h4-7H2,1-3H3,(H2,14,15,16,17,19). The van der Waals surface area contributed by atoms with Gasteiger partial charge in [-0.3, -0.25) is 20.0 Å². The number of unbranched alkanes of at least 4 members (excludes halogenated alkanes) is 2. The summed E-state index contributed by atoms with van der Waals surface area (Å²) in [6, 6.07) is 0. The highest BCUT2D eigenvalue weighted by molar-refractivity contribution is 5.88. The first-order valence-electron chi connectivity index (χ1n) is 6.78. The minimum atomic E-state index is -0.202. The van der Waals surface area contributed by atoms with E-state index in [4.69, 9.17) is 0 Å². The van der Waals surface area contributed by atoms with Crippen LogP contribution in [0.15, 0.2) is 4.79 Å². The van der Waals surface area contributed by atoms with Crippen LogP contribution in [0.25, 0.3) is 5.78 Å². The highest BCUT2D eigenvalue weighted by Gasteiger charge is 2.11. The fraction of sp³-hybridized carbons (Fsp3) is 0.538. The van der Waals surface area contributed by atoms with E-state index in [1.54, 1.807) is 13.8 Å². The third-order valence-corrected chi connectivity index (χ3v) is 3.23. The zero-order valence-corrected chi connectivity index (χ0v) is 12.0. The van der Waals surface area contributed by atoms with E-state index < -0.39 is 0 Å². The van der Waals surface area contributed by atoms with Crippen molar-refractivity contribution in [3.05, 3.63) is 21.6 Å². The van der Waals surface area contributed by atoms with Gasteiger partial charge >= 0.3 is 0 Å². The Labute approximate surface area is 116 Å². The number of nitrogens with zero attached hydrogens (tertiary/aromatic N) is 3. The van der Waals surface area contributed by atoms with Gasteiger partial charge in [0.15, 0.2) is 0 Å². The lowest BCUT2D eigenvalue weighted by atomic mass is 10.2. The molecule has 0 saturated heterocycles. The van der Waals surface area contributed by atoms with Gasteiger partial charge in [0, 0.05) is 17.7 Å². The van der Waals surface area contributed by atoms with Crippen LogP contribution < -0.4 is 10.9 Å². The average molecular weight is 277 g/mol. The van der Waals surface area contributed by atoms with Crippen LogP contribution in [0.2, 0.25) is 0 Å². The Hall–Kier alpha value is -2.18. The lowest BCUT2D eigenvalue weighted by Gasteiger charge is -2.00. The first-order valence-corrected chi connectivity index (χ1v) is 6.78. The highest BCUT2D eigenvalue weighted by Crippen LogP contribution is 2.06. The molecule has 0 spiro atoms. The number of carbonyl (C=O) groups excluding carboxylic acids is 1. The molecule has 0 fully saturated rings. The van der Waals surface area contributed by atoms with Gasteiger partial charge in [0.25, 0.3) is 11.3 Å². The molecule has 2 N–H and O–H groups in total. The Morgan fingerprint density at radius 2 is 2.05 bits per heavy atom. The van der Waals surface area contributed by atoms with E-state index in [2.05, 4.69) is 27.3 Å². The van der Waals surface area contributed by atoms with Crippen molar-refractivity contribution >= 4 is 17.6 Å². The van der Waals surface area contributed by atoms with E-state index in [-0.39, 0.29) is 23.2 Å². The first kappa shape index (κ1) is 14.2. The molecule has 108 valence electrons. The summed E-state index contributed by atoms with van der Waals surface area (Å²) in [5.74, 6) is 0.405. The predicted octanol–water partition coefficient (Wildman–Crippen LogP) is 1.55. The van der Waals surface area contributed by atoms with Crippen molar-refractivity contribution in [3.63, 3.8) is 0 Å². The molecule has 7 heteroatoms. The number of hydrogen-bond acceptors (Lipinski definition) is 4. The third kappa shape index (κ3) is 2.87. The molecule has 2 aromatic heterocycles. The summed E-state index contributed by atoms with van der Waals surface area (Å²) in [5.41, 5.74) is 1.00. The van der Waals surface area contributed by atoms with Crippen molar-refractivity contribution in [3.8, 4) is 0 Å². The van der Waals surface area contributed by atoms with E-state index >= 15 is 0 Å². The molecule has 0 bridgehead atoms. The Morgan fingerprint density at radius 3 is 2.75 bits per heavy atom. The van der Waals surface area contributed by atoms with Crippen molar-refractivity contribution < 1.29 is 4.79 Å². The average Bonchev–Trinajstić information content (AvgIpc) is 2.79. The van der Waals surface area contributed by atoms with Crippen LogP contribution in [0.4, 0.5) is 5.95 Å². The van der Waals surface area contributed by atoms with Gasteiger partial charge in [0.05, 0.1) is 0 Å². The number of H-pyrrole nitrogens is 1. The minimum absolute atomic E-state index is 0.112. The maximum atomic E-state index is 12.0. The first-order chi connectivity index (χ1) is 9.52. The molecule has 20 heavy (non-hydrogen) atoms. The van der Waals surface area contributed by atoms with Gasteiger partial charge < -0.3 is 0 Å². The molecular formula is C13H19N5O2. The lowest BCUT2D eigenvalue weighted by molar-refractivity contribution is -0.116. The Kier molecular flexibility index (Phi) is 4.16. The third-order valence-electron chi connectivity index (χ3n) is 3.23. The number of aryl methyl sites for hydroxylation is 1. The zero-order chi connectivity index (χ0) is 14.7. The number of amides is 1. The summed E-state index contributed by atoms with van der Waals surface area (Å²) >= 11 is 0. The second-order valence-corrected chi connectivity index (χ2v) is 4.84. The Balaban J connectivity index is 2.18. The van der Waals surface area contributed by atoms with E-state index in [0.717, 1.165) is 19.3 Å². The van der Waals surface area contributed by atoms with Crippen molar-refractivity contribution in [2.24, 2.45) is 0 Å². The van der Waals surface area contributed by atoms with Gasteiger partial charge in [0.1, 0.15) is 0 Å². The molecule has 0 aliphatic heterocycles. The molecule has 1 amide bonds. The van der Waals surface area contributed by atoms with Gasteiger partial charge in [-0.2, -0.15) is 9.50 Å². The van der Waals surface area contributed by atoms with Crippen molar-refractivity contribution in [2.45, 2.75) is 46.5 Å². The van der Waals surface area contributed by atoms with Crippen LogP contribution in [0.5, 0.6) is 0 Å². The quantitative estimate of drug-likeness (QED) is 0.811. The summed E-state index contributed by atoms with van der Waals surface area (Å²) in [7, 11) is 0. The second kappa shape index (κ2) is 5.85. The Bertz CT molecular complexity index is 686. The van der Waals surface area contributed by atoms with E-state index in [9.17, 15) is 9.59 Å². The minimum Gasteiger partial charge on any atom is -0.295 e. The lowest BCUT2D eigenvalue weighted by Crippen LogP contribution is -2.19. The number of rotatable bonds is 5. The van der Waals surface area contributed by atoms with E-state index in [1.807, 2.05) is 0 Å². The van der Waals surface area contributed by atoms with Crippen LogP contribution in [0, 0.1) is 13.8 Å². The van der Waals surface area contributed by atoms with Crippen LogP contribution in [-0.4, -0.2) is 25.5 Å². The fourth-order valence-electron chi connectivity index (χ4n) is 1.89. The fourth-order valence-corrected chi connectivity index (χ4v) is 1.89. The number of fused-ring (bicyclic) bond motifs is 1. The highest BCUT2D eigenvalue weighted by atomic mass is 16.2. The molecule has 0 aliphatic rings. The number of nitrogens with one attached hydrogen (secondary N) is 2. The van der Waals surface area contributed by atoms with Gasteiger partial charge in [-0.15, -0.1) is 0 Å². The van der Waals surface area contributed by atoms with Gasteiger partial charge in [0.2, 0.25) is 11.9 Å². The normalized spacial score (nSPS) is 10.9. The summed E-state index contributed by atoms with van der Waals surface area (Å²) in [4.78, 5) is 32.0. The molecule has 0 unspecified atom stereocenters. The summed E-state index contributed by atoms with van der Waals surface area (Å²) in [6.07, 6.45) is 3.38. The SMILES string of the molecule is CCCCCC(=O)Nc1nc2nc(C)c(C)c(=O)n2[nH]1. The number of aromatic amines is 1. The topological polar surface area (TPSA) is 92.2 Å². The molecule has 0 aliphatic carbocycles. The summed E-state index contributed by atoms with van der Waals surface area (Å²) in [5, 5.41) is 5.40. The number of anilines is 1. The molecular weight excluding hydrogens is 258 g/mol. The maximum Gasteiger partial charge on any atom is 0.277 e. The molecule has 0 saturated carbocycles. The molecule has 2 rings (SSSR count). The number of carbonyl (C=O) groups is 1. The van der Waals surface area contributed by atoms with Crippen molar-refractivity contribution in [1.29, 1.82) is 0 Å². The summed E-state index contributed by atoms with van der Waals surface area (Å²) in [6.45, 7) is 5.55. The van der Waals surface area contributed by atoms with E-state index in [1.165, 1.54) is 4.52 Å². The Morgan fingerprint density at radius 1 is 1.30 bits per heavy atom. The molecule has 7 nitrogen and oxygen atoms in total. The molecule has 2 heterocycles. The predicted molar refractivity (Wildman–Crippen MR) is 75.9 cm³/mol. The monoisotopic (exact) mass is 277 g/mol. The molecule has 0 radical (unpaired) electrons. The smallest absolute Gasteiger partial charge is 0.277 e. The largest absolute Gasteiger partial charge is 0.295 e. The van der Waals surface area contributed by atoms with Crippen LogP contribution >= 0.6 is 0 Å². The summed E-state index contributed by atoms with van der Waals surface area (Å²) < 4.78 is 1.24. The zero-order valence-electron chi connectivity index (χ0n) is 12.0. The van der Waals surface area contributed by atoms with Gasteiger partial charge in [-0.25, -0.2) is 4.98 Å². The van der Waals surface area contributed by atoms with E-state index in [0.29, 0.717) is 17.7 Å². The van der Waals surface area contributed by atoms with Gasteiger partial charge in [-0.05, 0) is 20.3 Å². The molecule has 0 atom stereocenters. The molecule has 2 aromatic rings.